The number of aromatic nitrogens is 3. The van der Waals surface area contributed by atoms with Crippen LogP contribution in [0.3, 0.4) is 0 Å². The van der Waals surface area contributed by atoms with Gasteiger partial charge in [-0.2, -0.15) is 0 Å². The zero-order valence-corrected chi connectivity index (χ0v) is 27.3. The lowest BCUT2D eigenvalue weighted by atomic mass is 9.87. The molecule has 0 fully saturated rings. The Morgan fingerprint density at radius 1 is 0.353 bits per heavy atom. The Kier molecular flexibility index (Phi) is 5.92. The Morgan fingerprint density at radius 2 is 0.922 bits per heavy atom. The summed E-state index contributed by atoms with van der Waals surface area (Å²) in [5.41, 5.74) is 8.98. The van der Waals surface area contributed by atoms with E-state index in [1.807, 2.05) is 24.8 Å². The third kappa shape index (κ3) is 4.17. The molecule has 0 N–H and O–H groups in total. The third-order valence-corrected chi connectivity index (χ3v) is 10.4. The SMILES string of the molecule is c1ccc(-c2c3ccncc3c(-c3cccc(-c4ccc5oc6cc7c8ccccc8c8ccccc8c7cc6c5n4)c3)c3ccncc23)cc1. The summed E-state index contributed by atoms with van der Waals surface area (Å²) in [6, 6.07) is 49.3. The Morgan fingerprint density at radius 3 is 1.61 bits per heavy atom. The van der Waals surface area contributed by atoms with Crippen LogP contribution < -0.4 is 0 Å². The predicted molar refractivity (Wildman–Crippen MR) is 211 cm³/mol. The van der Waals surface area contributed by atoms with Gasteiger partial charge in [0.05, 0.1) is 5.69 Å². The second-order valence-corrected chi connectivity index (χ2v) is 13.2. The molecule has 0 saturated heterocycles. The van der Waals surface area contributed by atoms with Crippen LogP contribution in [-0.2, 0) is 0 Å². The van der Waals surface area contributed by atoms with Crippen LogP contribution in [-0.4, -0.2) is 15.0 Å². The van der Waals surface area contributed by atoms with Crippen molar-refractivity contribution < 1.29 is 4.42 Å². The molecule has 0 spiro atoms. The molecule has 0 aliphatic rings. The Balaban J connectivity index is 1.12. The van der Waals surface area contributed by atoms with E-state index < -0.39 is 0 Å². The van der Waals surface area contributed by atoms with Crippen LogP contribution in [0.4, 0.5) is 0 Å². The van der Waals surface area contributed by atoms with E-state index in [1.165, 1.54) is 37.9 Å². The Labute approximate surface area is 292 Å². The van der Waals surface area contributed by atoms with Gasteiger partial charge >= 0.3 is 0 Å². The van der Waals surface area contributed by atoms with E-state index in [1.54, 1.807) is 0 Å². The van der Waals surface area contributed by atoms with Gasteiger partial charge < -0.3 is 4.42 Å². The molecule has 236 valence electrons. The van der Waals surface area contributed by atoms with E-state index in [4.69, 9.17) is 9.40 Å². The minimum absolute atomic E-state index is 0.779. The molecule has 4 heteroatoms. The monoisotopic (exact) mass is 649 g/mol. The Bertz CT molecular complexity index is 3140. The number of pyridine rings is 3. The average Bonchev–Trinajstić information content (AvgIpc) is 3.56. The van der Waals surface area contributed by atoms with E-state index in [9.17, 15) is 0 Å². The van der Waals surface area contributed by atoms with Crippen LogP contribution in [0, 0.1) is 0 Å². The Hall–Kier alpha value is -6.91. The lowest BCUT2D eigenvalue weighted by Crippen LogP contribution is -1.92. The summed E-state index contributed by atoms with van der Waals surface area (Å²) in [6.45, 7) is 0. The first-order chi connectivity index (χ1) is 25.3. The van der Waals surface area contributed by atoms with Gasteiger partial charge in [0.15, 0.2) is 5.58 Å². The maximum Gasteiger partial charge on any atom is 0.153 e. The molecule has 4 aromatic heterocycles. The number of rotatable bonds is 3. The molecule has 4 nitrogen and oxygen atoms in total. The van der Waals surface area contributed by atoms with Crippen molar-refractivity contribution in [1.29, 1.82) is 0 Å². The number of benzene rings is 7. The normalized spacial score (nSPS) is 11.9. The highest BCUT2D eigenvalue weighted by atomic mass is 16.3. The molecule has 0 saturated carbocycles. The number of fused-ring (bicyclic) bond motifs is 11. The van der Waals surface area contributed by atoms with Crippen molar-refractivity contribution in [2.45, 2.75) is 0 Å². The number of hydrogen-bond acceptors (Lipinski definition) is 4. The van der Waals surface area contributed by atoms with Gasteiger partial charge in [-0.15, -0.1) is 0 Å². The van der Waals surface area contributed by atoms with Crippen LogP contribution in [0.15, 0.2) is 169 Å². The molecule has 0 amide bonds. The quantitative estimate of drug-likeness (QED) is 0.141. The van der Waals surface area contributed by atoms with Gasteiger partial charge in [-0.3, -0.25) is 9.97 Å². The summed E-state index contributed by atoms with van der Waals surface area (Å²) in [6.07, 6.45) is 7.73. The third-order valence-electron chi connectivity index (χ3n) is 10.4. The lowest BCUT2D eigenvalue weighted by molar-refractivity contribution is 0.669. The number of nitrogens with zero attached hydrogens (tertiary/aromatic N) is 3. The fourth-order valence-electron chi connectivity index (χ4n) is 8.18. The summed E-state index contributed by atoms with van der Waals surface area (Å²) >= 11 is 0. The average molecular weight is 650 g/mol. The first kappa shape index (κ1) is 28.0. The summed E-state index contributed by atoms with van der Waals surface area (Å²) in [5, 5.41) is 12.9. The largest absolute Gasteiger partial charge is 0.454 e. The molecule has 0 atom stereocenters. The van der Waals surface area contributed by atoms with Gasteiger partial charge in [0.2, 0.25) is 0 Å². The molecule has 11 aromatic rings. The van der Waals surface area contributed by atoms with Crippen molar-refractivity contribution in [3.05, 3.63) is 164 Å². The second kappa shape index (κ2) is 10.8. The standard InChI is InChI=1S/C47H27N3O/c1-2-9-28(10-3-1)45-35-19-21-49-27-41(35)46(36-20-22-48-26-40(36)45)30-12-8-11-29(23-30)42-17-18-43-47(50-42)39-24-37-33-15-6-4-13-31(33)32-14-5-7-16-34(32)38(37)25-44(39)51-43/h1-27H. The molecule has 11 rings (SSSR count). The number of hydrogen-bond donors (Lipinski definition) is 0. The summed E-state index contributed by atoms with van der Waals surface area (Å²) in [5.74, 6) is 0. The molecule has 51 heavy (non-hydrogen) atoms. The molecule has 7 aromatic carbocycles. The highest BCUT2D eigenvalue weighted by Crippen LogP contribution is 2.44. The molecular formula is C47H27N3O. The molecule has 0 aliphatic heterocycles. The fourth-order valence-corrected chi connectivity index (χ4v) is 8.18. The molecular weight excluding hydrogens is 623 g/mol. The zero-order chi connectivity index (χ0) is 33.5. The fraction of sp³-hybridized carbons (Fsp3) is 0. The van der Waals surface area contributed by atoms with Crippen molar-refractivity contribution in [3.8, 4) is 33.5 Å². The maximum atomic E-state index is 6.47. The van der Waals surface area contributed by atoms with E-state index in [0.717, 1.165) is 71.6 Å². The maximum absolute atomic E-state index is 6.47. The summed E-state index contributed by atoms with van der Waals surface area (Å²) in [7, 11) is 0. The van der Waals surface area contributed by atoms with Gasteiger partial charge in [0.1, 0.15) is 11.1 Å². The van der Waals surface area contributed by atoms with Gasteiger partial charge in [0.25, 0.3) is 0 Å². The van der Waals surface area contributed by atoms with Crippen LogP contribution in [0.5, 0.6) is 0 Å². The first-order valence-electron chi connectivity index (χ1n) is 17.2. The zero-order valence-electron chi connectivity index (χ0n) is 27.3. The highest BCUT2D eigenvalue weighted by Gasteiger charge is 2.19. The highest BCUT2D eigenvalue weighted by molar-refractivity contribution is 6.28. The van der Waals surface area contributed by atoms with E-state index >= 15 is 0 Å². The minimum Gasteiger partial charge on any atom is -0.454 e. The van der Waals surface area contributed by atoms with Crippen LogP contribution in [0.1, 0.15) is 0 Å². The van der Waals surface area contributed by atoms with Gasteiger partial charge in [-0.05, 0) is 108 Å². The van der Waals surface area contributed by atoms with Crippen molar-refractivity contribution >= 4 is 75.9 Å². The minimum atomic E-state index is 0.779. The predicted octanol–water partition coefficient (Wildman–Crippen LogP) is 12.5. The van der Waals surface area contributed by atoms with Crippen molar-refractivity contribution in [1.82, 2.24) is 15.0 Å². The molecule has 0 radical (unpaired) electrons. The molecule has 0 unspecified atom stereocenters. The second-order valence-electron chi connectivity index (χ2n) is 13.2. The molecule has 4 heterocycles. The van der Waals surface area contributed by atoms with Crippen LogP contribution in [0.2, 0.25) is 0 Å². The topological polar surface area (TPSA) is 51.8 Å². The summed E-state index contributed by atoms with van der Waals surface area (Å²) in [4.78, 5) is 14.4. The molecule has 0 bridgehead atoms. The first-order valence-corrected chi connectivity index (χ1v) is 17.2. The summed E-state index contributed by atoms with van der Waals surface area (Å²) < 4.78 is 6.47. The van der Waals surface area contributed by atoms with Crippen LogP contribution >= 0.6 is 0 Å². The lowest BCUT2D eigenvalue weighted by Gasteiger charge is -2.17. The van der Waals surface area contributed by atoms with Crippen molar-refractivity contribution in [2.75, 3.05) is 0 Å². The van der Waals surface area contributed by atoms with E-state index in [0.29, 0.717) is 0 Å². The van der Waals surface area contributed by atoms with Crippen molar-refractivity contribution in [3.63, 3.8) is 0 Å². The van der Waals surface area contributed by atoms with E-state index in [2.05, 4.69) is 149 Å². The van der Waals surface area contributed by atoms with Gasteiger partial charge in [0, 0.05) is 46.5 Å². The number of furan rings is 1. The van der Waals surface area contributed by atoms with E-state index in [-0.39, 0.29) is 0 Å². The van der Waals surface area contributed by atoms with Crippen molar-refractivity contribution in [2.24, 2.45) is 0 Å². The smallest absolute Gasteiger partial charge is 0.153 e. The van der Waals surface area contributed by atoms with Crippen LogP contribution in [0.25, 0.3) is 109 Å². The van der Waals surface area contributed by atoms with Gasteiger partial charge in [-0.25, -0.2) is 4.98 Å². The van der Waals surface area contributed by atoms with Gasteiger partial charge in [-0.1, -0.05) is 97.1 Å². The molecule has 0 aliphatic carbocycles.